The van der Waals surface area contributed by atoms with Crippen molar-refractivity contribution < 1.29 is 13.2 Å². The molecule has 10 heteroatoms. The molecule has 2 heterocycles. The lowest BCUT2D eigenvalue weighted by atomic mass is 10.1. The smallest absolute Gasteiger partial charge is 0.404 e. The topological polar surface area (TPSA) is 108 Å². The summed E-state index contributed by atoms with van der Waals surface area (Å²) in [7, 11) is 0. The van der Waals surface area contributed by atoms with Crippen molar-refractivity contribution in [1.82, 2.24) is 14.9 Å². The zero-order valence-corrected chi connectivity index (χ0v) is 15.7. The van der Waals surface area contributed by atoms with Crippen LogP contribution in [0.2, 0.25) is 0 Å². The number of anilines is 2. The Kier molecular flexibility index (Phi) is 6.02. The molecule has 1 saturated heterocycles. The number of rotatable bonds is 5. The molecule has 5 N–H and O–H groups in total. The van der Waals surface area contributed by atoms with Gasteiger partial charge in [0.05, 0.1) is 11.1 Å². The van der Waals surface area contributed by atoms with Crippen LogP contribution < -0.4 is 16.4 Å². The highest BCUT2D eigenvalue weighted by Crippen LogP contribution is 2.30. The van der Waals surface area contributed by atoms with Crippen molar-refractivity contribution in [3.05, 3.63) is 53.5 Å². The summed E-state index contributed by atoms with van der Waals surface area (Å²) in [4.78, 5) is 12.5. The van der Waals surface area contributed by atoms with Crippen LogP contribution in [0.1, 0.15) is 16.7 Å². The molecule has 0 aliphatic carbocycles. The van der Waals surface area contributed by atoms with E-state index >= 15 is 0 Å². The molecule has 1 aromatic carbocycles. The van der Waals surface area contributed by atoms with Crippen LogP contribution in [0.5, 0.6) is 0 Å². The van der Waals surface area contributed by atoms with Gasteiger partial charge < -0.3 is 21.8 Å². The summed E-state index contributed by atoms with van der Waals surface area (Å²) in [5.41, 5.74) is 12.7. The molecule has 0 unspecified atom stereocenters. The Labute approximate surface area is 166 Å². The standard InChI is InChI=1S/C19H22F3N7/c20-19(21,22)15-3-1-13(2-4-15)11-28-5-7-29(8-6-28)18-16(14(9-23)10-24)17(25)26-12-27-18/h1-4,9-10,12,23H,5-8,11,24H2,(H2,25,26,27). The number of piperazine rings is 1. The van der Waals surface area contributed by atoms with Crippen LogP contribution in [0, 0.1) is 5.41 Å². The third-order valence-electron chi connectivity index (χ3n) is 4.84. The maximum absolute atomic E-state index is 12.7. The van der Waals surface area contributed by atoms with Crippen LogP contribution in [0.25, 0.3) is 5.57 Å². The third kappa shape index (κ3) is 4.65. The molecule has 1 aromatic heterocycles. The van der Waals surface area contributed by atoms with Gasteiger partial charge in [-0.2, -0.15) is 13.2 Å². The van der Waals surface area contributed by atoms with E-state index in [9.17, 15) is 13.2 Å². The lowest BCUT2D eigenvalue weighted by Gasteiger charge is -2.36. The fourth-order valence-corrected chi connectivity index (χ4v) is 3.28. The maximum Gasteiger partial charge on any atom is 0.416 e. The largest absolute Gasteiger partial charge is 0.416 e. The highest BCUT2D eigenvalue weighted by molar-refractivity contribution is 6.12. The summed E-state index contributed by atoms with van der Waals surface area (Å²) in [5.74, 6) is 0.870. The Hall–Kier alpha value is -3.14. The minimum atomic E-state index is -4.32. The lowest BCUT2D eigenvalue weighted by Crippen LogP contribution is -2.46. The first kappa shape index (κ1) is 20.6. The number of nitrogen functional groups attached to an aromatic ring is 1. The van der Waals surface area contributed by atoms with Crippen molar-refractivity contribution in [2.24, 2.45) is 5.73 Å². The summed E-state index contributed by atoms with van der Waals surface area (Å²) in [6, 6.07) is 5.25. The number of nitrogens with zero attached hydrogens (tertiary/aromatic N) is 4. The molecule has 0 saturated carbocycles. The first-order valence-electron chi connectivity index (χ1n) is 9.00. The van der Waals surface area contributed by atoms with Gasteiger partial charge in [-0.3, -0.25) is 4.90 Å². The number of hydrogen-bond acceptors (Lipinski definition) is 7. The molecule has 0 atom stereocenters. The average Bonchev–Trinajstić information content (AvgIpc) is 2.70. The SMILES string of the molecule is N=CC(=CN)c1c(N)ncnc1N1CCN(Cc2ccc(C(F)(F)F)cc2)CC1. The molecular formula is C19H22F3N7. The molecule has 29 heavy (non-hydrogen) atoms. The molecule has 2 aromatic rings. The number of nitrogens with two attached hydrogens (primary N) is 2. The van der Waals surface area contributed by atoms with Crippen LogP contribution in [0.4, 0.5) is 24.8 Å². The van der Waals surface area contributed by atoms with Gasteiger partial charge in [-0.15, -0.1) is 0 Å². The van der Waals surface area contributed by atoms with E-state index in [2.05, 4.69) is 14.9 Å². The van der Waals surface area contributed by atoms with Gasteiger partial charge in [-0.25, -0.2) is 9.97 Å². The van der Waals surface area contributed by atoms with Crippen molar-refractivity contribution in [2.45, 2.75) is 12.7 Å². The Bertz CT molecular complexity index is 886. The van der Waals surface area contributed by atoms with Crippen LogP contribution in [-0.2, 0) is 12.7 Å². The number of benzene rings is 1. The van der Waals surface area contributed by atoms with Gasteiger partial charge in [0.1, 0.15) is 18.0 Å². The predicted octanol–water partition coefficient (Wildman–Crippen LogP) is 2.35. The zero-order valence-electron chi connectivity index (χ0n) is 15.7. The normalized spacial score (nSPS) is 16.1. The minimum Gasteiger partial charge on any atom is -0.404 e. The molecule has 0 spiro atoms. The van der Waals surface area contributed by atoms with Crippen LogP contribution >= 0.6 is 0 Å². The summed E-state index contributed by atoms with van der Waals surface area (Å²) >= 11 is 0. The second-order valence-electron chi connectivity index (χ2n) is 6.68. The highest BCUT2D eigenvalue weighted by atomic mass is 19.4. The molecule has 3 rings (SSSR count). The Balaban J connectivity index is 1.67. The number of hydrogen-bond donors (Lipinski definition) is 3. The molecular weight excluding hydrogens is 383 g/mol. The molecule has 1 aliphatic rings. The van der Waals surface area contributed by atoms with E-state index in [0.29, 0.717) is 49.7 Å². The lowest BCUT2D eigenvalue weighted by molar-refractivity contribution is -0.137. The van der Waals surface area contributed by atoms with E-state index in [1.165, 1.54) is 24.7 Å². The van der Waals surface area contributed by atoms with Crippen LogP contribution in [-0.4, -0.2) is 47.3 Å². The number of alkyl halides is 3. The number of halogens is 3. The fourth-order valence-electron chi connectivity index (χ4n) is 3.28. The average molecular weight is 405 g/mol. The van der Waals surface area contributed by atoms with Gasteiger partial charge in [0, 0.05) is 50.7 Å². The van der Waals surface area contributed by atoms with E-state index in [1.807, 2.05) is 4.90 Å². The van der Waals surface area contributed by atoms with E-state index in [-0.39, 0.29) is 5.82 Å². The Morgan fingerprint density at radius 2 is 1.76 bits per heavy atom. The first-order chi connectivity index (χ1) is 13.8. The maximum atomic E-state index is 12.7. The van der Waals surface area contributed by atoms with Crippen molar-refractivity contribution in [1.29, 1.82) is 5.41 Å². The van der Waals surface area contributed by atoms with Gasteiger partial charge in [0.2, 0.25) is 0 Å². The molecule has 1 aliphatic heterocycles. The first-order valence-corrected chi connectivity index (χ1v) is 9.00. The summed E-state index contributed by atoms with van der Waals surface area (Å²) in [6.45, 7) is 3.28. The third-order valence-corrected chi connectivity index (χ3v) is 4.84. The second-order valence-corrected chi connectivity index (χ2v) is 6.68. The van der Waals surface area contributed by atoms with E-state index < -0.39 is 11.7 Å². The fraction of sp³-hybridized carbons (Fsp3) is 0.316. The summed E-state index contributed by atoms with van der Waals surface area (Å²) < 4.78 is 38.1. The predicted molar refractivity (Wildman–Crippen MR) is 106 cm³/mol. The highest BCUT2D eigenvalue weighted by Gasteiger charge is 2.30. The Morgan fingerprint density at radius 1 is 1.10 bits per heavy atom. The van der Waals surface area contributed by atoms with Gasteiger partial charge in [0.15, 0.2) is 0 Å². The number of allylic oxidation sites excluding steroid dienone is 1. The van der Waals surface area contributed by atoms with Crippen LogP contribution in [0.3, 0.4) is 0 Å². The second kappa shape index (κ2) is 8.48. The molecule has 154 valence electrons. The van der Waals surface area contributed by atoms with Gasteiger partial charge in [0.25, 0.3) is 0 Å². The van der Waals surface area contributed by atoms with Gasteiger partial charge in [-0.05, 0) is 17.7 Å². The summed E-state index contributed by atoms with van der Waals surface area (Å²) in [6.07, 6.45) is -0.540. The number of nitrogens with one attached hydrogen (secondary N) is 1. The van der Waals surface area contributed by atoms with E-state index in [0.717, 1.165) is 23.9 Å². The molecule has 0 radical (unpaired) electrons. The molecule has 0 bridgehead atoms. The van der Waals surface area contributed by atoms with Crippen molar-refractivity contribution >= 4 is 23.4 Å². The molecule has 0 amide bonds. The molecule has 1 fully saturated rings. The van der Waals surface area contributed by atoms with E-state index in [4.69, 9.17) is 16.9 Å². The molecule has 7 nitrogen and oxygen atoms in total. The van der Waals surface area contributed by atoms with Crippen molar-refractivity contribution in [3.63, 3.8) is 0 Å². The monoisotopic (exact) mass is 405 g/mol. The quantitative estimate of drug-likeness (QED) is 0.659. The number of aromatic nitrogens is 2. The summed E-state index contributed by atoms with van der Waals surface area (Å²) in [5, 5.41) is 7.53. The Morgan fingerprint density at radius 3 is 2.31 bits per heavy atom. The van der Waals surface area contributed by atoms with E-state index in [1.54, 1.807) is 0 Å². The zero-order chi connectivity index (χ0) is 21.0. The van der Waals surface area contributed by atoms with Crippen molar-refractivity contribution in [3.8, 4) is 0 Å². The van der Waals surface area contributed by atoms with Gasteiger partial charge >= 0.3 is 6.18 Å². The van der Waals surface area contributed by atoms with Crippen LogP contribution in [0.15, 0.2) is 36.8 Å². The minimum absolute atomic E-state index is 0.252. The van der Waals surface area contributed by atoms with Crippen molar-refractivity contribution in [2.75, 3.05) is 36.8 Å². The van der Waals surface area contributed by atoms with Gasteiger partial charge in [-0.1, -0.05) is 12.1 Å².